The van der Waals surface area contributed by atoms with Gasteiger partial charge in [0.05, 0.1) is 4.88 Å². The first kappa shape index (κ1) is 15.6. The number of fused-ring (bicyclic) bond motifs is 1. The van der Waals surface area contributed by atoms with E-state index >= 15 is 0 Å². The van der Waals surface area contributed by atoms with Crippen LogP contribution in [0.3, 0.4) is 0 Å². The van der Waals surface area contributed by atoms with E-state index in [1.807, 2.05) is 0 Å². The van der Waals surface area contributed by atoms with Crippen molar-refractivity contribution >= 4 is 33.7 Å². The zero-order valence-electron chi connectivity index (χ0n) is 12.9. The highest BCUT2D eigenvalue weighted by atomic mass is 32.1. The first-order chi connectivity index (χ1) is 10.8. The summed E-state index contributed by atoms with van der Waals surface area (Å²) < 4.78 is 0. The number of carbonyl (C=O) groups excluding carboxylic acids is 1. The average Bonchev–Trinajstić information content (AvgIpc) is 3.07. The van der Waals surface area contributed by atoms with Gasteiger partial charge in [0.15, 0.2) is 0 Å². The third kappa shape index (κ3) is 3.73. The summed E-state index contributed by atoms with van der Waals surface area (Å²) >= 11 is 3.12. The van der Waals surface area contributed by atoms with Crippen LogP contribution in [0.15, 0.2) is 6.07 Å². The Morgan fingerprint density at radius 3 is 2.82 bits per heavy atom. The molecule has 0 spiro atoms. The third-order valence-electron chi connectivity index (χ3n) is 3.87. The van der Waals surface area contributed by atoms with Crippen molar-refractivity contribution < 1.29 is 4.79 Å². The zero-order valence-corrected chi connectivity index (χ0v) is 14.5. The van der Waals surface area contributed by atoms with Gasteiger partial charge in [-0.05, 0) is 43.7 Å². The molecule has 1 aliphatic rings. The minimum absolute atomic E-state index is 0.0454. The van der Waals surface area contributed by atoms with Crippen molar-refractivity contribution in [1.29, 1.82) is 0 Å². The van der Waals surface area contributed by atoms with Gasteiger partial charge in [-0.3, -0.25) is 10.1 Å². The lowest BCUT2D eigenvalue weighted by atomic mass is 10.00. The third-order valence-corrected chi connectivity index (χ3v) is 6.01. The highest BCUT2D eigenvalue weighted by Gasteiger charge is 2.17. The first-order valence-electron chi connectivity index (χ1n) is 8.01. The summed E-state index contributed by atoms with van der Waals surface area (Å²) in [4.78, 5) is 14.6. The smallest absolute Gasteiger partial charge is 0.267 e. The molecule has 0 aliphatic heterocycles. The topological polar surface area (TPSA) is 54.9 Å². The lowest BCUT2D eigenvalue weighted by Gasteiger charge is -2.07. The molecule has 1 aliphatic carbocycles. The molecular weight excluding hydrogens is 314 g/mol. The van der Waals surface area contributed by atoms with Crippen LogP contribution in [-0.4, -0.2) is 16.1 Å². The Hall–Kier alpha value is -1.27. The number of amides is 1. The molecule has 1 amide bonds. The van der Waals surface area contributed by atoms with E-state index in [1.165, 1.54) is 47.5 Å². The summed E-state index contributed by atoms with van der Waals surface area (Å²) in [6.07, 6.45) is 9.28. The Kier molecular flexibility index (Phi) is 5.20. The first-order valence-corrected chi connectivity index (χ1v) is 9.65. The Morgan fingerprint density at radius 2 is 2.00 bits per heavy atom. The van der Waals surface area contributed by atoms with Gasteiger partial charge in [0, 0.05) is 11.3 Å². The number of nitrogens with zero attached hydrogens (tertiary/aromatic N) is 2. The van der Waals surface area contributed by atoms with E-state index in [0.29, 0.717) is 5.13 Å². The fourth-order valence-electron chi connectivity index (χ4n) is 2.73. The molecule has 0 bridgehead atoms. The van der Waals surface area contributed by atoms with E-state index < -0.39 is 0 Å². The molecule has 2 aromatic rings. The number of carbonyl (C=O) groups is 1. The van der Waals surface area contributed by atoms with Crippen LogP contribution < -0.4 is 5.32 Å². The van der Waals surface area contributed by atoms with Gasteiger partial charge >= 0.3 is 0 Å². The fourth-order valence-corrected chi connectivity index (χ4v) is 4.72. The van der Waals surface area contributed by atoms with Crippen LogP contribution in [0.4, 0.5) is 5.13 Å². The van der Waals surface area contributed by atoms with Gasteiger partial charge < -0.3 is 0 Å². The maximum absolute atomic E-state index is 12.4. The molecule has 6 heteroatoms. The summed E-state index contributed by atoms with van der Waals surface area (Å²) in [6, 6.07) is 2.08. The number of anilines is 1. The fraction of sp³-hybridized carbons (Fsp3) is 0.562. The predicted molar refractivity (Wildman–Crippen MR) is 92.1 cm³/mol. The number of hydrogen-bond donors (Lipinski definition) is 1. The Bertz CT molecular complexity index is 622. The molecule has 1 N–H and O–H groups in total. The molecular formula is C16H21N3OS2. The second-order valence-corrected chi connectivity index (χ2v) is 7.88. The van der Waals surface area contributed by atoms with Crippen molar-refractivity contribution in [3.8, 4) is 0 Å². The van der Waals surface area contributed by atoms with Gasteiger partial charge in [0.1, 0.15) is 5.01 Å². The maximum atomic E-state index is 12.4. The second kappa shape index (κ2) is 7.33. The van der Waals surface area contributed by atoms with E-state index in [0.717, 1.165) is 35.6 Å². The number of aryl methyl sites for hydroxylation is 3. The largest absolute Gasteiger partial charge is 0.296 e. The molecule has 2 heterocycles. The van der Waals surface area contributed by atoms with Crippen LogP contribution in [0.5, 0.6) is 0 Å². The highest BCUT2D eigenvalue weighted by molar-refractivity contribution is 7.16. The number of hydrogen-bond acceptors (Lipinski definition) is 5. The van der Waals surface area contributed by atoms with E-state index in [1.54, 1.807) is 11.3 Å². The molecule has 0 radical (unpaired) electrons. The summed E-state index contributed by atoms with van der Waals surface area (Å²) in [5.41, 5.74) is 1.37. The van der Waals surface area contributed by atoms with E-state index in [2.05, 4.69) is 28.5 Å². The van der Waals surface area contributed by atoms with E-state index in [4.69, 9.17) is 0 Å². The number of nitrogens with one attached hydrogen (secondary N) is 1. The van der Waals surface area contributed by atoms with Crippen molar-refractivity contribution in [3.05, 3.63) is 26.4 Å². The van der Waals surface area contributed by atoms with Gasteiger partial charge in [-0.25, -0.2) is 0 Å². The van der Waals surface area contributed by atoms with Crippen molar-refractivity contribution in [3.63, 3.8) is 0 Å². The van der Waals surface area contributed by atoms with Crippen LogP contribution in [-0.2, 0) is 19.3 Å². The average molecular weight is 335 g/mol. The summed E-state index contributed by atoms with van der Waals surface area (Å²) in [5, 5.41) is 12.6. The second-order valence-electron chi connectivity index (χ2n) is 5.68. The van der Waals surface area contributed by atoms with Crippen molar-refractivity contribution in [2.75, 3.05) is 5.32 Å². The molecule has 3 rings (SSSR count). The van der Waals surface area contributed by atoms with Gasteiger partial charge in [0.25, 0.3) is 5.91 Å². The van der Waals surface area contributed by atoms with Gasteiger partial charge in [-0.2, -0.15) is 0 Å². The molecule has 2 aromatic heterocycles. The lowest BCUT2D eigenvalue weighted by molar-refractivity contribution is 0.103. The van der Waals surface area contributed by atoms with Crippen LogP contribution in [0, 0.1) is 0 Å². The summed E-state index contributed by atoms with van der Waals surface area (Å²) in [5.74, 6) is -0.0454. The lowest BCUT2D eigenvalue weighted by Crippen LogP contribution is -2.09. The maximum Gasteiger partial charge on any atom is 0.267 e. The van der Waals surface area contributed by atoms with Crippen LogP contribution in [0.25, 0.3) is 0 Å². The van der Waals surface area contributed by atoms with Gasteiger partial charge in [-0.15, -0.1) is 21.5 Å². The Labute approximate surface area is 139 Å². The molecule has 0 fully saturated rings. The molecule has 0 aromatic carbocycles. The molecule has 0 saturated heterocycles. The Balaban J connectivity index is 1.70. The molecule has 0 saturated carbocycles. The van der Waals surface area contributed by atoms with Crippen LogP contribution in [0.1, 0.15) is 64.1 Å². The molecule has 22 heavy (non-hydrogen) atoms. The van der Waals surface area contributed by atoms with E-state index in [9.17, 15) is 4.79 Å². The standard InChI is InChI=1S/C16H21N3OS2/c1-2-7-14-18-19-16(22-14)17-15(20)13-10-11-8-5-3-4-6-9-12(11)21-13/h10H,2-9H2,1H3,(H,17,19,20). The van der Waals surface area contributed by atoms with Crippen LogP contribution >= 0.6 is 22.7 Å². The Morgan fingerprint density at radius 1 is 1.18 bits per heavy atom. The van der Waals surface area contributed by atoms with Crippen molar-refractivity contribution in [1.82, 2.24) is 10.2 Å². The highest BCUT2D eigenvalue weighted by Crippen LogP contribution is 2.29. The molecule has 0 atom stereocenters. The van der Waals surface area contributed by atoms with Crippen LogP contribution in [0.2, 0.25) is 0 Å². The minimum atomic E-state index is -0.0454. The quantitative estimate of drug-likeness (QED) is 0.897. The van der Waals surface area contributed by atoms with Crippen molar-refractivity contribution in [2.24, 2.45) is 0 Å². The SMILES string of the molecule is CCCc1nnc(NC(=O)c2cc3c(s2)CCCCCC3)s1. The van der Waals surface area contributed by atoms with Gasteiger partial charge in [0.2, 0.25) is 5.13 Å². The minimum Gasteiger partial charge on any atom is -0.296 e. The molecule has 4 nitrogen and oxygen atoms in total. The van der Waals surface area contributed by atoms with Crippen molar-refractivity contribution in [2.45, 2.75) is 58.3 Å². The number of aromatic nitrogens is 2. The molecule has 118 valence electrons. The van der Waals surface area contributed by atoms with Gasteiger partial charge in [-0.1, -0.05) is 31.1 Å². The number of rotatable bonds is 4. The summed E-state index contributed by atoms with van der Waals surface area (Å²) in [7, 11) is 0. The van der Waals surface area contributed by atoms with E-state index in [-0.39, 0.29) is 5.91 Å². The molecule has 0 unspecified atom stereocenters. The summed E-state index contributed by atoms with van der Waals surface area (Å²) in [6.45, 7) is 2.11. The normalized spacial score (nSPS) is 15.0. The monoisotopic (exact) mass is 335 g/mol. The predicted octanol–water partition coefficient (Wildman–Crippen LogP) is 4.46. The zero-order chi connectivity index (χ0) is 15.4. The number of thiophene rings is 1.